The molecule has 1 aliphatic rings. The van der Waals surface area contributed by atoms with Gasteiger partial charge in [0.25, 0.3) is 0 Å². The summed E-state index contributed by atoms with van der Waals surface area (Å²) in [5.74, 6) is 0.466. The smallest absolute Gasteiger partial charge is 0.336 e. The van der Waals surface area contributed by atoms with Crippen molar-refractivity contribution in [3.05, 3.63) is 82.0 Å². The lowest BCUT2D eigenvalue weighted by Gasteiger charge is -2.39. The molecule has 2 aromatic carbocycles. The molecule has 1 atom stereocenters. The van der Waals surface area contributed by atoms with E-state index in [0.29, 0.717) is 24.4 Å². The lowest BCUT2D eigenvalue weighted by molar-refractivity contribution is -0.0753. The summed E-state index contributed by atoms with van der Waals surface area (Å²) >= 11 is 0. The molecular formula is C23H21FO4. The lowest BCUT2D eigenvalue weighted by Crippen LogP contribution is -2.48. The van der Waals surface area contributed by atoms with Crippen LogP contribution >= 0.6 is 0 Å². The first kappa shape index (κ1) is 18.4. The Balaban J connectivity index is 1.49. The van der Waals surface area contributed by atoms with Crippen molar-refractivity contribution in [1.82, 2.24) is 0 Å². The Hall–Kier alpha value is -2.92. The maximum atomic E-state index is 13.0. The van der Waals surface area contributed by atoms with E-state index in [0.717, 1.165) is 16.5 Å². The Labute approximate surface area is 162 Å². The molecule has 0 saturated heterocycles. The fraction of sp³-hybridized carbons (Fsp3) is 0.261. The SMILES string of the molecule is CC1(C)Oc2cc3oc(=O)ccc3cc2CC1OCC=Cc1ccc(F)cc1. The van der Waals surface area contributed by atoms with E-state index in [1.165, 1.54) is 18.2 Å². The lowest BCUT2D eigenvalue weighted by atomic mass is 9.90. The molecule has 0 bridgehead atoms. The van der Waals surface area contributed by atoms with Crippen LogP contribution in [0.1, 0.15) is 25.0 Å². The highest BCUT2D eigenvalue weighted by Gasteiger charge is 2.37. The minimum atomic E-state index is -0.528. The third kappa shape index (κ3) is 3.85. The minimum Gasteiger partial charge on any atom is -0.485 e. The monoisotopic (exact) mass is 380 g/mol. The molecule has 0 saturated carbocycles. The minimum absolute atomic E-state index is 0.133. The van der Waals surface area contributed by atoms with Crippen LogP contribution in [-0.4, -0.2) is 18.3 Å². The zero-order chi connectivity index (χ0) is 19.7. The van der Waals surface area contributed by atoms with Gasteiger partial charge in [-0.2, -0.15) is 0 Å². The van der Waals surface area contributed by atoms with Crippen LogP contribution in [0.25, 0.3) is 17.0 Å². The molecule has 144 valence electrons. The predicted molar refractivity (Wildman–Crippen MR) is 106 cm³/mol. The highest BCUT2D eigenvalue weighted by atomic mass is 19.1. The van der Waals surface area contributed by atoms with Gasteiger partial charge in [0.2, 0.25) is 0 Å². The number of fused-ring (bicyclic) bond motifs is 2. The van der Waals surface area contributed by atoms with E-state index in [2.05, 4.69) is 0 Å². The molecule has 1 aliphatic heterocycles. The first-order valence-electron chi connectivity index (χ1n) is 9.20. The topological polar surface area (TPSA) is 48.7 Å². The van der Waals surface area contributed by atoms with Crippen molar-refractivity contribution < 1.29 is 18.3 Å². The maximum absolute atomic E-state index is 13.0. The molecule has 0 N–H and O–H groups in total. The van der Waals surface area contributed by atoms with Crippen LogP contribution in [0, 0.1) is 5.82 Å². The summed E-state index contributed by atoms with van der Waals surface area (Å²) in [4.78, 5) is 11.4. The molecule has 5 heteroatoms. The molecule has 1 aromatic heterocycles. The van der Waals surface area contributed by atoms with Crippen molar-refractivity contribution in [1.29, 1.82) is 0 Å². The standard InChI is InChI=1S/C23H21FO4/c1-23(2)21(26-11-3-4-15-5-8-18(24)9-6-15)13-17-12-16-7-10-22(25)27-19(16)14-20(17)28-23/h3-10,12,14,21H,11,13H2,1-2H3. The van der Waals surface area contributed by atoms with Crippen molar-refractivity contribution in [2.24, 2.45) is 0 Å². The molecule has 4 nitrogen and oxygen atoms in total. The normalized spacial score (nSPS) is 18.2. The first-order chi connectivity index (χ1) is 13.4. The molecule has 1 unspecified atom stereocenters. The quantitative estimate of drug-likeness (QED) is 0.613. The van der Waals surface area contributed by atoms with Crippen LogP contribution in [0.3, 0.4) is 0 Å². The molecule has 28 heavy (non-hydrogen) atoms. The Morgan fingerprint density at radius 3 is 2.75 bits per heavy atom. The van der Waals surface area contributed by atoms with Crippen molar-refractivity contribution in [2.75, 3.05) is 6.61 Å². The van der Waals surface area contributed by atoms with Gasteiger partial charge in [-0.25, -0.2) is 9.18 Å². The van der Waals surface area contributed by atoms with Gasteiger partial charge in [0.05, 0.1) is 6.61 Å². The van der Waals surface area contributed by atoms with E-state index in [-0.39, 0.29) is 17.5 Å². The number of hydrogen-bond acceptors (Lipinski definition) is 4. The summed E-state index contributed by atoms with van der Waals surface area (Å²) in [5, 5.41) is 0.858. The number of ether oxygens (including phenoxy) is 2. The number of benzene rings is 2. The van der Waals surface area contributed by atoms with E-state index >= 15 is 0 Å². The summed E-state index contributed by atoms with van der Waals surface area (Å²) in [7, 11) is 0. The second kappa shape index (κ2) is 7.24. The van der Waals surface area contributed by atoms with Crippen molar-refractivity contribution >= 4 is 17.0 Å². The first-order valence-corrected chi connectivity index (χ1v) is 9.20. The summed E-state index contributed by atoms with van der Waals surface area (Å²) in [6.07, 6.45) is 4.38. The fourth-order valence-corrected chi connectivity index (χ4v) is 3.38. The van der Waals surface area contributed by atoms with Gasteiger partial charge in [-0.3, -0.25) is 0 Å². The van der Waals surface area contributed by atoms with Crippen LogP contribution < -0.4 is 10.4 Å². The largest absolute Gasteiger partial charge is 0.485 e. The van der Waals surface area contributed by atoms with Crippen LogP contribution in [0.4, 0.5) is 4.39 Å². The van der Waals surface area contributed by atoms with Crippen LogP contribution in [0.5, 0.6) is 5.75 Å². The molecule has 3 aromatic rings. The summed E-state index contributed by atoms with van der Waals surface area (Å²) < 4.78 is 30.4. The molecule has 4 rings (SSSR count). The van der Waals surface area contributed by atoms with E-state index in [1.54, 1.807) is 24.3 Å². The van der Waals surface area contributed by atoms with E-state index in [1.807, 2.05) is 32.1 Å². The maximum Gasteiger partial charge on any atom is 0.336 e. The van der Waals surface area contributed by atoms with Gasteiger partial charge in [-0.1, -0.05) is 24.3 Å². The van der Waals surface area contributed by atoms with E-state index in [4.69, 9.17) is 13.9 Å². The van der Waals surface area contributed by atoms with Gasteiger partial charge in [-0.05, 0) is 49.2 Å². The zero-order valence-corrected chi connectivity index (χ0v) is 15.8. The summed E-state index contributed by atoms with van der Waals surface area (Å²) in [6, 6.07) is 13.2. The Morgan fingerprint density at radius 1 is 1.18 bits per heavy atom. The van der Waals surface area contributed by atoms with Crippen LogP contribution in [-0.2, 0) is 11.2 Å². The third-order valence-electron chi connectivity index (χ3n) is 4.93. The second-order valence-corrected chi connectivity index (χ2v) is 7.44. The Kier molecular flexibility index (Phi) is 4.77. The van der Waals surface area contributed by atoms with Gasteiger partial charge < -0.3 is 13.9 Å². The Bertz CT molecular complexity index is 1080. The van der Waals surface area contributed by atoms with E-state index in [9.17, 15) is 9.18 Å². The van der Waals surface area contributed by atoms with Gasteiger partial charge in [0.1, 0.15) is 28.9 Å². The second-order valence-electron chi connectivity index (χ2n) is 7.44. The average Bonchev–Trinajstić information content (AvgIpc) is 2.65. The molecule has 2 heterocycles. The predicted octanol–water partition coefficient (Wildman–Crippen LogP) is 4.74. The number of rotatable bonds is 4. The number of halogens is 1. The van der Waals surface area contributed by atoms with Crippen molar-refractivity contribution in [3.63, 3.8) is 0 Å². The molecule has 0 fully saturated rings. The number of hydrogen-bond donors (Lipinski definition) is 0. The highest BCUT2D eigenvalue weighted by molar-refractivity contribution is 5.79. The molecule has 0 amide bonds. The molecular weight excluding hydrogens is 359 g/mol. The van der Waals surface area contributed by atoms with Crippen LogP contribution in [0.15, 0.2) is 63.8 Å². The van der Waals surface area contributed by atoms with Gasteiger partial charge in [0.15, 0.2) is 0 Å². The van der Waals surface area contributed by atoms with Crippen molar-refractivity contribution in [2.45, 2.75) is 32.0 Å². The highest BCUT2D eigenvalue weighted by Crippen LogP contribution is 2.37. The van der Waals surface area contributed by atoms with Crippen LogP contribution in [0.2, 0.25) is 0 Å². The van der Waals surface area contributed by atoms with Crippen molar-refractivity contribution in [3.8, 4) is 5.75 Å². The molecule has 0 spiro atoms. The summed E-state index contributed by atoms with van der Waals surface area (Å²) in [6.45, 7) is 4.39. The molecule has 0 radical (unpaired) electrons. The van der Waals surface area contributed by atoms with Gasteiger partial charge in [0, 0.05) is 23.9 Å². The zero-order valence-electron chi connectivity index (χ0n) is 15.8. The van der Waals surface area contributed by atoms with Gasteiger partial charge >= 0.3 is 5.63 Å². The third-order valence-corrected chi connectivity index (χ3v) is 4.93. The Morgan fingerprint density at radius 2 is 1.96 bits per heavy atom. The molecule has 0 aliphatic carbocycles. The van der Waals surface area contributed by atoms with Gasteiger partial charge in [-0.15, -0.1) is 0 Å². The van der Waals surface area contributed by atoms with E-state index < -0.39 is 5.60 Å². The summed E-state index contributed by atoms with van der Waals surface area (Å²) in [5.41, 5.74) is 1.55. The fourth-order valence-electron chi connectivity index (χ4n) is 3.38. The average molecular weight is 380 g/mol.